The molecule has 0 spiro atoms. The van der Waals surface area contributed by atoms with E-state index in [4.69, 9.17) is 21.1 Å². The van der Waals surface area contributed by atoms with Crippen molar-refractivity contribution in [3.8, 4) is 5.75 Å². The van der Waals surface area contributed by atoms with Gasteiger partial charge < -0.3 is 14.8 Å². The Labute approximate surface area is 120 Å². The van der Waals surface area contributed by atoms with Crippen molar-refractivity contribution < 1.29 is 9.47 Å². The minimum atomic E-state index is 0.583. The van der Waals surface area contributed by atoms with Crippen molar-refractivity contribution >= 4 is 11.6 Å². The molecule has 3 nitrogen and oxygen atoms in total. The number of rotatable bonds is 7. The zero-order chi connectivity index (χ0) is 13.3. The van der Waals surface area contributed by atoms with E-state index < -0.39 is 0 Å². The van der Waals surface area contributed by atoms with Crippen molar-refractivity contribution in [2.45, 2.75) is 31.7 Å². The fourth-order valence-electron chi connectivity index (χ4n) is 2.25. The highest BCUT2D eigenvalue weighted by atomic mass is 35.5. The van der Waals surface area contributed by atoms with E-state index in [0.29, 0.717) is 19.3 Å². The molecule has 0 radical (unpaired) electrons. The minimum Gasteiger partial charge on any atom is -0.491 e. The fourth-order valence-corrected chi connectivity index (χ4v) is 2.37. The second kappa shape index (κ2) is 8.41. The first-order valence-electron chi connectivity index (χ1n) is 7.04. The maximum Gasteiger partial charge on any atom is 0.119 e. The van der Waals surface area contributed by atoms with Gasteiger partial charge in [-0.25, -0.2) is 0 Å². The third-order valence-electron chi connectivity index (χ3n) is 3.33. The molecule has 2 rings (SSSR count). The molecule has 1 heterocycles. The number of benzene rings is 1. The third kappa shape index (κ3) is 5.81. The Balaban J connectivity index is 1.49. The smallest absolute Gasteiger partial charge is 0.119 e. The molecular weight excluding hydrogens is 262 g/mol. The van der Waals surface area contributed by atoms with Crippen molar-refractivity contribution in [3.05, 3.63) is 29.3 Å². The Morgan fingerprint density at radius 1 is 1.11 bits per heavy atom. The molecule has 0 aromatic heterocycles. The van der Waals surface area contributed by atoms with Gasteiger partial charge in [0.1, 0.15) is 12.4 Å². The number of halogens is 1. The molecule has 106 valence electrons. The summed E-state index contributed by atoms with van der Waals surface area (Å²) in [4.78, 5) is 0. The van der Waals surface area contributed by atoms with Gasteiger partial charge in [-0.2, -0.15) is 0 Å². The van der Waals surface area contributed by atoms with Crippen LogP contribution in [0.3, 0.4) is 0 Å². The lowest BCUT2D eigenvalue weighted by molar-refractivity contribution is 0.0911. The first-order chi connectivity index (χ1) is 9.34. The van der Waals surface area contributed by atoms with Crippen LogP contribution in [0.4, 0.5) is 0 Å². The zero-order valence-corrected chi connectivity index (χ0v) is 12.0. The van der Waals surface area contributed by atoms with Gasteiger partial charge in [0.05, 0.1) is 6.61 Å². The van der Waals surface area contributed by atoms with Gasteiger partial charge in [0.15, 0.2) is 0 Å². The largest absolute Gasteiger partial charge is 0.491 e. The molecular formula is C15H22ClNO2. The summed E-state index contributed by atoms with van der Waals surface area (Å²) in [5.74, 6) is 0.835. The van der Waals surface area contributed by atoms with Gasteiger partial charge in [0.2, 0.25) is 0 Å². The number of nitrogens with one attached hydrogen (secondary N) is 1. The quantitative estimate of drug-likeness (QED) is 0.779. The summed E-state index contributed by atoms with van der Waals surface area (Å²) >= 11 is 5.80. The molecule has 1 saturated heterocycles. The molecule has 0 amide bonds. The zero-order valence-electron chi connectivity index (χ0n) is 11.2. The highest BCUT2D eigenvalue weighted by Gasteiger charge is 2.11. The Hall–Kier alpha value is -0.770. The monoisotopic (exact) mass is 283 g/mol. The molecule has 1 unspecified atom stereocenters. The Morgan fingerprint density at radius 2 is 1.95 bits per heavy atom. The Kier molecular flexibility index (Phi) is 6.48. The van der Waals surface area contributed by atoms with Crippen molar-refractivity contribution in [1.29, 1.82) is 0 Å². The Bertz CT molecular complexity index is 350. The van der Waals surface area contributed by atoms with Gasteiger partial charge in [-0.05, 0) is 50.1 Å². The van der Waals surface area contributed by atoms with E-state index in [9.17, 15) is 0 Å². The van der Waals surface area contributed by atoms with Crippen LogP contribution in [-0.4, -0.2) is 32.4 Å². The number of piperidine rings is 1. The molecule has 19 heavy (non-hydrogen) atoms. The molecule has 1 aromatic rings. The lowest BCUT2D eigenvalue weighted by atomic mass is 10.0. The van der Waals surface area contributed by atoms with Crippen molar-refractivity contribution in [3.63, 3.8) is 0 Å². The van der Waals surface area contributed by atoms with Gasteiger partial charge in [-0.15, -0.1) is 0 Å². The topological polar surface area (TPSA) is 30.5 Å². The molecule has 0 aliphatic carbocycles. The summed E-state index contributed by atoms with van der Waals surface area (Å²) in [6.45, 7) is 3.18. The van der Waals surface area contributed by atoms with E-state index in [1.807, 2.05) is 24.3 Å². The van der Waals surface area contributed by atoms with Crippen LogP contribution in [0.5, 0.6) is 5.75 Å². The molecule has 4 heteroatoms. The van der Waals surface area contributed by atoms with Crippen molar-refractivity contribution in [1.82, 2.24) is 5.32 Å². The van der Waals surface area contributed by atoms with Crippen LogP contribution in [0.15, 0.2) is 24.3 Å². The standard InChI is InChI=1S/C15H22ClNO2/c16-13-4-6-15(7-5-13)19-12-11-18-10-8-14-3-1-2-9-17-14/h4-7,14,17H,1-3,8-12H2. The SMILES string of the molecule is Clc1ccc(OCCOCCC2CCCCN2)cc1. The highest BCUT2D eigenvalue weighted by Crippen LogP contribution is 2.15. The van der Waals surface area contributed by atoms with E-state index in [1.165, 1.54) is 19.3 Å². The second-order valence-electron chi connectivity index (χ2n) is 4.85. The van der Waals surface area contributed by atoms with Gasteiger partial charge >= 0.3 is 0 Å². The molecule has 1 N–H and O–H groups in total. The van der Waals surface area contributed by atoms with Crippen molar-refractivity contribution in [2.24, 2.45) is 0 Å². The summed E-state index contributed by atoms with van der Waals surface area (Å²) in [5, 5.41) is 4.24. The van der Waals surface area contributed by atoms with E-state index in [2.05, 4.69) is 5.32 Å². The average molecular weight is 284 g/mol. The van der Waals surface area contributed by atoms with Crippen LogP contribution in [-0.2, 0) is 4.74 Å². The fraction of sp³-hybridized carbons (Fsp3) is 0.600. The van der Waals surface area contributed by atoms with Crippen LogP contribution in [0, 0.1) is 0 Å². The van der Waals surface area contributed by atoms with Gasteiger partial charge in [0, 0.05) is 17.7 Å². The van der Waals surface area contributed by atoms with Crippen molar-refractivity contribution in [2.75, 3.05) is 26.4 Å². The minimum absolute atomic E-state index is 0.583. The second-order valence-corrected chi connectivity index (χ2v) is 5.29. The van der Waals surface area contributed by atoms with E-state index in [0.717, 1.165) is 30.3 Å². The third-order valence-corrected chi connectivity index (χ3v) is 3.59. The van der Waals surface area contributed by atoms with Gasteiger partial charge in [-0.1, -0.05) is 18.0 Å². The first kappa shape index (κ1) is 14.6. The van der Waals surface area contributed by atoms with Gasteiger partial charge in [-0.3, -0.25) is 0 Å². The van der Waals surface area contributed by atoms with Crippen LogP contribution in [0.1, 0.15) is 25.7 Å². The maximum absolute atomic E-state index is 5.80. The van der Waals surface area contributed by atoms with Crippen LogP contribution in [0.25, 0.3) is 0 Å². The van der Waals surface area contributed by atoms with Gasteiger partial charge in [0.25, 0.3) is 0 Å². The lowest BCUT2D eigenvalue weighted by Crippen LogP contribution is -2.34. The summed E-state index contributed by atoms with van der Waals surface area (Å²) < 4.78 is 11.1. The maximum atomic E-state index is 5.80. The summed E-state index contributed by atoms with van der Waals surface area (Å²) in [7, 11) is 0. The number of hydrogen-bond donors (Lipinski definition) is 1. The molecule has 1 aliphatic heterocycles. The molecule has 1 aromatic carbocycles. The number of ether oxygens (including phenoxy) is 2. The molecule has 0 saturated carbocycles. The molecule has 1 atom stereocenters. The van der Waals surface area contributed by atoms with E-state index in [1.54, 1.807) is 0 Å². The predicted octanol–water partition coefficient (Wildman–Crippen LogP) is 3.27. The highest BCUT2D eigenvalue weighted by molar-refractivity contribution is 6.30. The summed E-state index contributed by atoms with van der Waals surface area (Å²) in [5.41, 5.74) is 0. The van der Waals surface area contributed by atoms with Crippen LogP contribution in [0.2, 0.25) is 5.02 Å². The molecule has 0 bridgehead atoms. The van der Waals surface area contributed by atoms with Crippen LogP contribution < -0.4 is 10.1 Å². The van der Waals surface area contributed by atoms with E-state index >= 15 is 0 Å². The normalized spacial score (nSPS) is 19.3. The molecule has 1 fully saturated rings. The first-order valence-corrected chi connectivity index (χ1v) is 7.42. The predicted molar refractivity (Wildman–Crippen MR) is 78.0 cm³/mol. The molecule has 1 aliphatic rings. The lowest BCUT2D eigenvalue weighted by Gasteiger charge is -2.23. The average Bonchev–Trinajstić information content (AvgIpc) is 2.46. The summed E-state index contributed by atoms with van der Waals surface area (Å²) in [6.07, 6.45) is 5.04. The van der Waals surface area contributed by atoms with Crippen LogP contribution >= 0.6 is 11.6 Å². The van der Waals surface area contributed by atoms with E-state index in [-0.39, 0.29) is 0 Å². The summed E-state index contributed by atoms with van der Waals surface area (Å²) in [6, 6.07) is 8.03. The Morgan fingerprint density at radius 3 is 2.68 bits per heavy atom. The number of hydrogen-bond acceptors (Lipinski definition) is 3.